The number of carbonyl (C=O) groups is 4. The third kappa shape index (κ3) is 8.22. The van der Waals surface area contributed by atoms with E-state index in [-0.39, 0.29) is 30.8 Å². The van der Waals surface area contributed by atoms with Crippen molar-refractivity contribution in [3.05, 3.63) is 35.9 Å². The van der Waals surface area contributed by atoms with Gasteiger partial charge in [-0.2, -0.15) is 10.1 Å². The molecule has 13 atom stereocenters. The van der Waals surface area contributed by atoms with Crippen molar-refractivity contribution in [2.45, 2.75) is 129 Å². The molecule has 0 radical (unpaired) electrons. The number of amides is 1. The predicted molar refractivity (Wildman–Crippen MR) is 189 cm³/mol. The zero-order chi connectivity index (χ0) is 38.0. The van der Waals surface area contributed by atoms with Gasteiger partial charge >= 0.3 is 12.1 Å². The molecule has 0 spiro atoms. The van der Waals surface area contributed by atoms with E-state index in [2.05, 4.69) is 5.10 Å². The molecule has 1 aromatic rings. The molecule has 3 fully saturated rings. The molecular formula is C38H57N3O10. The summed E-state index contributed by atoms with van der Waals surface area (Å²) in [4.78, 5) is 58.0. The number of hydrogen-bond acceptors (Lipinski definition) is 12. The molecule has 0 aromatic heterocycles. The maximum atomic E-state index is 14.5. The van der Waals surface area contributed by atoms with Crippen LogP contribution in [-0.4, -0.2) is 120 Å². The van der Waals surface area contributed by atoms with Gasteiger partial charge < -0.3 is 33.7 Å². The van der Waals surface area contributed by atoms with E-state index < -0.39 is 83.4 Å². The van der Waals surface area contributed by atoms with Gasteiger partial charge in [-0.25, -0.2) is 4.79 Å². The minimum Gasteiger partial charge on any atom is -0.457 e. The summed E-state index contributed by atoms with van der Waals surface area (Å²) in [6.45, 7) is 13.7. The lowest BCUT2D eigenvalue weighted by Crippen LogP contribution is -2.60. The Balaban J connectivity index is 1.80. The minimum absolute atomic E-state index is 0.103. The highest BCUT2D eigenvalue weighted by atomic mass is 16.7. The number of esters is 1. The molecule has 3 heterocycles. The Labute approximate surface area is 301 Å². The average molecular weight is 716 g/mol. The zero-order valence-electron chi connectivity index (χ0n) is 31.9. The van der Waals surface area contributed by atoms with E-state index in [0.29, 0.717) is 6.42 Å². The lowest BCUT2D eigenvalue weighted by atomic mass is 9.73. The van der Waals surface area contributed by atoms with Crippen molar-refractivity contribution in [2.24, 2.45) is 28.8 Å². The molecule has 4 rings (SSSR count). The SMILES string of the molecule is CC[C@H]1OC(=O)[C@H](C)C(=O)[C@H](C)[C@@H](O[C@@H]2O[C@H](C)C[C@H](N(C)C)[C@H]2O)[C@](C)(OC)C[C@@H](C)C(=O)[C@H](C)[C@H]2N(/N=C/c3ccccc3)C(=O)O[C@]12C. The van der Waals surface area contributed by atoms with Crippen molar-refractivity contribution >= 4 is 29.8 Å². The van der Waals surface area contributed by atoms with Crippen LogP contribution >= 0.6 is 0 Å². The van der Waals surface area contributed by atoms with Gasteiger partial charge in [-0.3, -0.25) is 14.4 Å². The maximum absolute atomic E-state index is 14.5. The molecule has 3 aliphatic heterocycles. The van der Waals surface area contributed by atoms with Crippen molar-refractivity contribution in [2.75, 3.05) is 21.2 Å². The van der Waals surface area contributed by atoms with Crippen LogP contribution < -0.4 is 0 Å². The summed E-state index contributed by atoms with van der Waals surface area (Å²) < 4.78 is 30.8. The number of rotatable bonds is 7. The van der Waals surface area contributed by atoms with E-state index in [1.54, 1.807) is 41.5 Å². The average Bonchev–Trinajstić information content (AvgIpc) is 3.36. The van der Waals surface area contributed by atoms with Crippen LogP contribution in [0.25, 0.3) is 0 Å². The number of aliphatic hydroxyl groups excluding tert-OH is 1. The van der Waals surface area contributed by atoms with Crippen molar-refractivity contribution in [1.82, 2.24) is 9.91 Å². The fraction of sp³-hybridized carbons (Fsp3) is 0.711. The number of benzene rings is 1. The van der Waals surface area contributed by atoms with Crippen LogP contribution in [0, 0.1) is 23.7 Å². The number of fused-ring (bicyclic) bond motifs is 1. The van der Waals surface area contributed by atoms with E-state index >= 15 is 0 Å². The van der Waals surface area contributed by atoms with Gasteiger partial charge in [0, 0.05) is 30.9 Å². The topological polar surface area (TPSA) is 154 Å². The van der Waals surface area contributed by atoms with Gasteiger partial charge in [0.25, 0.3) is 0 Å². The number of ether oxygens (including phenoxy) is 5. The summed E-state index contributed by atoms with van der Waals surface area (Å²) in [5, 5.41) is 17.0. The molecule has 0 bridgehead atoms. The number of aliphatic hydroxyl groups is 1. The smallest absolute Gasteiger partial charge is 0.431 e. The van der Waals surface area contributed by atoms with Crippen molar-refractivity contribution in [3.63, 3.8) is 0 Å². The Bertz CT molecular complexity index is 1440. The number of methoxy groups -OCH3 is 1. The number of nitrogens with zero attached hydrogens (tertiary/aromatic N) is 3. The van der Waals surface area contributed by atoms with E-state index in [9.17, 15) is 24.3 Å². The first-order valence-electron chi connectivity index (χ1n) is 18.0. The number of hydrogen-bond donors (Lipinski definition) is 1. The highest BCUT2D eigenvalue weighted by Crippen LogP contribution is 2.43. The van der Waals surface area contributed by atoms with Crippen LogP contribution in [0.3, 0.4) is 0 Å². The molecule has 1 N–H and O–H groups in total. The predicted octanol–water partition coefficient (Wildman–Crippen LogP) is 4.22. The van der Waals surface area contributed by atoms with Crippen LogP contribution in [0.15, 0.2) is 35.4 Å². The quantitative estimate of drug-likeness (QED) is 0.245. The van der Waals surface area contributed by atoms with E-state index in [0.717, 1.165) is 10.6 Å². The third-order valence-electron chi connectivity index (χ3n) is 11.2. The number of likely N-dealkylation sites (N-methyl/N-ethyl adjacent to an activating group) is 1. The lowest BCUT2D eigenvalue weighted by Gasteiger charge is -2.47. The molecule has 1 amide bonds. The Hall–Kier alpha value is -3.23. The Morgan fingerprint density at radius 3 is 2.25 bits per heavy atom. The zero-order valence-corrected chi connectivity index (χ0v) is 31.9. The third-order valence-corrected chi connectivity index (χ3v) is 11.2. The Kier molecular flexibility index (Phi) is 12.9. The van der Waals surface area contributed by atoms with Crippen LogP contribution in [0.5, 0.6) is 0 Å². The van der Waals surface area contributed by atoms with Gasteiger partial charge in [-0.15, -0.1) is 0 Å². The normalized spacial score (nSPS) is 40.3. The first-order chi connectivity index (χ1) is 23.9. The molecule has 284 valence electrons. The molecular weight excluding hydrogens is 658 g/mol. The fourth-order valence-electron chi connectivity index (χ4n) is 8.13. The minimum atomic E-state index is -1.49. The number of hydrazone groups is 1. The molecule has 51 heavy (non-hydrogen) atoms. The molecule has 3 saturated heterocycles. The molecule has 1 aromatic carbocycles. The first kappa shape index (κ1) is 40.5. The monoisotopic (exact) mass is 715 g/mol. The molecule has 13 heteroatoms. The highest BCUT2D eigenvalue weighted by molar-refractivity contribution is 6.00. The summed E-state index contributed by atoms with van der Waals surface area (Å²) >= 11 is 0. The van der Waals surface area contributed by atoms with Crippen molar-refractivity contribution in [1.29, 1.82) is 0 Å². The molecule has 3 aliphatic rings. The second-order valence-electron chi connectivity index (χ2n) is 15.2. The Morgan fingerprint density at radius 2 is 1.67 bits per heavy atom. The van der Waals surface area contributed by atoms with Crippen LogP contribution in [-0.2, 0) is 38.1 Å². The maximum Gasteiger partial charge on any atom is 0.431 e. The van der Waals surface area contributed by atoms with Gasteiger partial charge in [0.1, 0.15) is 30.0 Å². The van der Waals surface area contributed by atoms with Crippen molar-refractivity contribution < 1.29 is 48.0 Å². The summed E-state index contributed by atoms with van der Waals surface area (Å²) in [7, 11) is 5.21. The number of carbonyl (C=O) groups excluding carboxylic acids is 4. The highest BCUT2D eigenvalue weighted by Gasteiger charge is 2.61. The molecule has 0 aliphatic carbocycles. The van der Waals surface area contributed by atoms with Gasteiger partial charge in [0.05, 0.1) is 24.0 Å². The standard InChI is InChI=1S/C38H57N3O10/c1-12-28-38(8)32(41(36(46)51-38)39-20-26-16-14-13-15-17-26)23(4)29(42)21(2)19-37(7,47-11)33(24(5)30(43)25(6)34(45)49-28)50-35-31(44)27(40(9)10)18-22(3)48-35/h13-17,20-25,27-28,31-33,35,44H,12,18-19H2,1-11H3/b39-20+/t21-,22-,23+,24+,25-,27+,28-,31-,32-,33-,35+,37-,38-/m1/s1. The fourth-order valence-corrected chi connectivity index (χ4v) is 8.13. The largest absolute Gasteiger partial charge is 0.457 e. The second-order valence-corrected chi connectivity index (χ2v) is 15.2. The van der Waals surface area contributed by atoms with Gasteiger partial charge in [-0.05, 0) is 66.6 Å². The number of ketones is 2. The summed E-state index contributed by atoms with van der Waals surface area (Å²) in [5.74, 6) is -5.21. The van der Waals surface area contributed by atoms with Crippen LogP contribution in [0.2, 0.25) is 0 Å². The first-order valence-corrected chi connectivity index (χ1v) is 18.0. The van der Waals surface area contributed by atoms with Crippen LogP contribution in [0.1, 0.15) is 80.2 Å². The van der Waals surface area contributed by atoms with E-state index in [1.165, 1.54) is 20.2 Å². The van der Waals surface area contributed by atoms with Crippen molar-refractivity contribution in [3.8, 4) is 0 Å². The van der Waals surface area contributed by atoms with E-state index in [1.807, 2.05) is 56.3 Å². The van der Waals surface area contributed by atoms with Gasteiger partial charge in [-0.1, -0.05) is 58.0 Å². The van der Waals surface area contributed by atoms with E-state index in [4.69, 9.17) is 23.7 Å². The number of Topliss-reactive ketones (excluding diaryl/α,β-unsaturated/α-hetero) is 2. The second kappa shape index (κ2) is 16.2. The molecule has 13 nitrogen and oxygen atoms in total. The summed E-state index contributed by atoms with van der Waals surface area (Å²) in [6.07, 6.45) is -2.88. The Morgan fingerprint density at radius 1 is 1.02 bits per heavy atom. The molecule has 0 unspecified atom stereocenters. The van der Waals surface area contributed by atoms with Gasteiger partial charge in [0.15, 0.2) is 17.7 Å². The van der Waals surface area contributed by atoms with Gasteiger partial charge in [0.2, 0.25) is 0 Å². The lowest BCUT2D eigenvalue weighted by molar-refractivity contribution is -0.295. The van der Waals surface area contributed by atoms with Crippen LogP contribution in [0.4, 0.5) is 4.79 Å². The molecule has 0 saturated carbocycles. The number of cyclic esters (lactones) is 1. The summed E-state index contributed by atoms with van der Waals surface area (Å²) in [6, 6.07) is 7.94. The summed E-state index contributed by atoms with van der Waals surface area (Å²) in [5.41, 5.74) is -2.04.